The zero-order valence-electron chi connectivity index (χ0n) is 13.3. The molecule has 0 bridgehead atoms. The van der Waals surface area contributed by atoms with Crippen LogP contribution in [0.5, 0.6) is 0 Å². The number of carbonyl (C=O) groups excluding carboxylic acids is 3. The lowest BCUT2D eigenvalue weighted by Gasteiger charge is -2.15. The first-order valence-corrected chi connectivity index (χ1v) is 9.12. The molecule has 132 valence electrons. The zero-order chi connectivity index (χ0) is 18.5. The minimum atomic E-state index is -1.10. The quantitative estimate of drug-likeness (QED) is 0.583. The second-order valence-corrected chi connectivity index (χ2v) is 6.60. The Morgan fingerprint density at radius 3 is 2.58 bits per heavy atom. The van der Waals surface area contributed by atoms with E-state index in [0.29, 0.717) is 11.3 Å². The molecule has 3 aromatic rings. The molecule has 0 fully saturated rings. The maximum atomic E-state index is 12.6. The van der Waals surface area contributed by atoms with E-state index < -0.39 is 23.6 Å². The largest absolute Gasteiger partial charge is 0.363 e. The molecular weight excluding hydrogens is 374 g/mol. The van der Waals surface area contributed by atoms with Gasteiger partial charge in [-0.05, 0) is 34.5 Å². The predicted octanol–water partition coefficient (Wildman–Crippen LogP) is 1.06. The summed E-state index contributed by atoms with van der Waals surface area (Å²) in [6.45, 7) is 0. The van der Waals surface area contributed by atoms with E-state index >= 15 is 0 Å². The topological polar surface area (TPSA) is 128 Å². The molecule has 1 unspecified atom stereocenters. The number of rotatable bonds is 7. The molecular formula is C16H13N5O3S2. The number of hydrogen-bond acceptors (Lipinski definition) is 8. The molecule has 3 aromatic heterocycles. The highest BCUT2D eigenvalue weighted by Gasteiger charge is 2.28. The summed E-state index contributed by atoms with van der Waals surface area (Å²) in [7, 11) is 0. The number of hydrogen-bond donors (Lipinski definition) is 2. The summed E-state index contributed by atoms with van der Waals surface area (Å²) in [5.74, 6) is -2.56. The number of amides is 2. The van der Waals surface area contributed by atoms with E-state index in [1.54, 1.807) is 24.5 Å². The fourth-order valence-corrected chi connectivity index (χ4v) is 3.54. The number of Topliss-reactive ketones (excluding diaryl/α,β-unsaturated/α-hetero) is 1. The lowest BCUT2D eigenvalue weighted by molar-refractivity contribution is -0.137. The third-order valence-corrected chi connectivity index (χ3v) is 4.80. The van der Waals surface area contributed by atoms with E-state index in [-0.39, 0.29) is 12.1 Å². The monoisotopic (exact) mass is 387 g/mol. The van der Waals surface area contributed by atoms with Crippen LogP contribution < -0.4 is 11.1 Å². The first-order chi connectivity index (χ1) is 12.6. The number of nitrogens with two attached hydrogens (primary N) is 1. The fraction of sp³-hybridized carbons (Fsp3) is 0.125. The summed E-state index contributed by atoms with van der Waals surface area (Å²) < 4.78 is 8.16. The Kier molecular flexibility index (Phi) is 5.44. The summed E-state index contributed by atoms with van der Waals surface area (Å²) in [4.78, 5) is 40.0. The van der Waals surface area contributed by atoms with Crippen molar-refractivity contribution in [3.8, 4) is 11.3 Å². The van der Waals surface area contributed by atoms with Gasteiger partial charge in [0, 0.05) is 24.4 Å². The highest BCUT2D eigenvalue weighted by Crippen LogP contribution is 2.21. The number of nitrogens with one attached hydrogen (secondary N) is 1. The number of thiophene rings is 1. The Hall–Kier alpha value is -2.98. The van der Waals surface area contributed by atoms with Gasteiger partial charge in [-0.15, -0.1) is 0 Å². The van der Waals surface area contributed by atoms with Gasteiger partial charge in [-0.3, -0.25) is 19.4 Å². The number of primary amides is 1. The van der Waals surface area contributed by atoms with E-state index in [2.05, 4.69) is 19.0 Å². The third kappa shape index (κ3) is 3.98. The Labute approximate surface area is 156 Å². The molecule has 3 rings (SSSR count). The summed E-state index contributed by atoms with van der Waals surface area (Å²) in [5, 5.41) is 6.23. The van der Waals surface area contributed by atoms with Crippen LogP contribution in [0, 0.1) is 0 Å². The van der Waals surface area contributed by atoms with Crippen molar-refractivity contribution in [3.63, 3.8) is 0 Å². The second-order valence-electron chi connectivity index (χ2n) is 5.29. The van der Waals surface area contributed by atoms with Gasteiger partial charge in [-0.25, -0.2) is 0 Å². The molecule has 0 aromatic carbocycles. The van der Waals surface area contributed by atoms with Crippen LogP contribution in [0.25, 0.3) is 11.3 Å². The van der Waals surface area contributed by atoms with Crippen LogP contribution in [-0.2, 0) is 16.0 Å². The lowest BCUT2D eigenvalue weighted by atomic mass is 10.0. The maximum absolute atomic E-state index is 12.6. The molecule has 0 aliphatic carbocycles. The fourth-order valence-electron chi connectivity index (χ4n) is 2.29. The average molecular weight is 387 g/mol. The van der Waals surface area contributed by atoms with Crippen molar-refractivity contribution in [2.75, 3.05) is 0 Å². The minimum Gasteiger partial charge on any atom is -0.363 e. The number of nitrogens with zero attached hydrogens (tertiary/aromatic N) is 3. The van der Waals surface area contributed by atoms with Crippen molar-refractivity contribution < 1.29 is 14.4 Å². The first-order valence-electron chi connectivity index (χ1n) is 7.45. The van der Waals surface area contributed by atoms with Crippen LogP contribution in [0.15, 0.2) is 41.4 Å². The number of pyridine rings is 1. The van der Waals surface area contributed by atoms with Crippen molar-refractivity contribution in [1.29, 1.82) is 0 Å². The van der Waals surface area contributed by atoms with Gasteiger partial charge in [0.2, 0.25) is 5.78 Å². The third-order valence-electron chi connectivity index (χ3n) is 3.54. The van der Waals surface area contributed by atoms with Crippen LogP contribution >= 0.6 is 23.1 Å². The predicted molar refractivity (Wildman–Crippen MR) is 96.6 cm³/mol. The van der Waals surface area contributed by atoms with E-state index in [1.165, 1.54) is 11.3 Å². The highest BCUT2D eigenvalue weighted by atomic mass is 32.1. The molecule has 8 nitrogen and oxygen atoms in total. The van der Waals surface area contributed by atoms with Crippen molar-refractivity contribution in [3.05, 3.63) is 52.6 Å². The average Bonchev–Trinajstić information content (AvgIpc) is 3.32. The normalized spacial score (nSPS) is 11.7. The zero-order valence-corrected chi connectivity index (χ0v) is 14.9. The number of aromatic nitrogens is 3. The Morgan fingerprint density at radius 2 is 1.92 bits per heavy atom. The van der Waals surface area contributed by atoms with Crippen molar-refractivity contribution in [1.82, 2.24) is 19.0 Å². The van der Waals surface area contributed by atoms with Crippen LogP contribution in [0.3, 0.4) is 0 Å². The van der Waals surface area contributed by atoms with Crippen molar-refractivity contribution >= 4 is 40.7 Å². The molecule has 1 atom stereocenters. The van der Waals surface area contributed by atoms with Gasteiger partial charge >= 0.3 is 0 Å². The van der Waals surface area contributed by atoms with Gasteiger partial charge in [0.1, 0.15) is 11.7 Å². The Morgan fingerprint density at radius 1 is 1.15 bits per heavy atom. The van der Waals surface area contributed by atoms with Crippen LogP contribution in [0.4, 0.5) is 0 Å². The van der Waals surface area contributed by atoms with Gasteiger partial charge in [-0.2, -0.15) is 20.1 Å². The molecule has 0 spiro atoms. The van der Waals surface area contributed by atoms with E-state index in [4.69, 9.17) is 5.73 Å². The van der Waals surface area contributed by atoms with Gasteiger partial charge < -0.3 is 11.1 Å². The molecule has 0 saturated heterocycles. The molecule has 0 radical (unpaired) electrons. The molecule has 3 N–H and O–H groups in total. The molecule has 3 heterocycles. The van der Waals surface area contributed by atoms with Crippen LogP contribution in [0.2, 0.25) is 0 Å². The molecule has 0 aliphatic rings. The standard InChI is InChI=1S/C16H13N5O3S2/c17-15(23)14(22)11(7-9-3-6-25-8-9)19-16(24)13-12(20-26-21-13)10-1-4-18-5-2-10/h1-6,8,11H,7H2,(H2,17,23)(H,19,24). The summed E-state index contributed by atoms with van der Waals surface area (Å²) in [5.41, 5.74) is 7.07. The van der Waals surface area contributed by atoms with Gasteiger partial charge in [0.05, 0.1) is 11.7 Å². The number of ketones is 1. The van der Waals surface area contributed by atoms with Gasteiger partial charge in [0.15, 0.2) is 5.69 Å². The highest BCUT2D eigenvalue weighted by molar-refractivity contribution is 7.07. The summed E-state index contributed by atoms with van der Waals surface area (Å²) in [6, 6.07) is 4.14. The van der Waals surface area contributed by atoms with Gasteiger partial charge in [0.25, 0.3) is 11.8 Å². The molecule has 10 heteroatoms. The lowest BCUT2D eigenvalue weighted by Crippen LogP contribution is -2.47. The van der Waals surface area contributed by atoms with Crippen LogP contribution in [-0.4, -0.2) is 37.4 Å². The summed E-state index contributed by atoms with van der Waals surface area (Å²) >= 11 is 2.33. The van der Waals surface area contributed by atoms with Crippen molar-refractivity contribution in [2.45, 2.75) is 12.5 Å². The molecule has 26 heavy (non-hydrogen) atoms. The molecule has 0 saturated carbocycles. The summed E-state index contributed by atoms with van der Waals surface area (Å²) in [6.07, 6.45) is 3.32. The van der Waals surface area contributed by atoms with E-state index in [1.807, 2.05) is 16.8 Å². The Bertz CT molecular complexity index is 925. The second kappa shape index (κ2) is 7.93. The molecule has 0 aliphatic heterocycles. The minimum absolute atomic E-state index is 0.0776. The number of carbonyl (C=O) groups is 3. The van der Waals surface area contributed by atoms with E-state index in [9.17, 15) is 14.4 Å². The first kappa shape index (κ1) is 17.8. The van der Waals surface area contributed by atoms with E-state index in [0.717, 1.165) is 17.3 Å². The van der Waals surface area contributed by atoms with Crippen molar-refractivity contribution in [2.24, 2.45) is 5.73 Å². The maximum Gasteiger partial charge on any atom is 0.287 e. The molecule has 2 amide bonds. The van der Waals surface area contributed by atoms with Crippen LogP contribution in [0.1, 0.15) is 16.1 Å². The smallest absolute Gasteiger partial charge is 0.287 e. The SMILES string of the molecule is NC(=O)C(=O)C(Cc1ccsc1)NC(=O)c1nsnc1-c1ccncc1. The van der Waals surface area contributed by atoms with Gasteiger partial charge in [-0.1, -0.05) is 0 Å². The Balaban J connectivity index is 1.83.